The van der Waals surface area contributed by atoms with Gasteiger partial charge in [-0.15, -0.1) is 11.3 Å². The molecule has 1 aliphatic carbocycles. The van der Waals surface area contributed by atoms with E-state index in [4.69, 9.17) is 10.7 Å². The molecule has 3 heteroatoms. The van der Waals surface area contributed by atoms with Crippen molar-refractivity contribution < 1.29 is 0 Å². The Bertz CT molecular complexity index is 556. The van der Waals surface area contributed by atoms with E-state index >= 15 is 0 Å². The molecule has 1 heterocycles. The smallest absolute Gasteiger partial charge is 0.0959 e. The predicted molar refractivity (Wildman–Crippen MR) is 89.6 cm³/mol. The van der Waals surface area contributed by atoms with Crippen LogP contribution in [0.5, 0.6) is 0 Å². The molecular formula is C18H24N2S. The van der Waals surface area contributed by atoms with Crippen LogP contribution in [0.4, 0.5) is 0 Å². The van der Waals surface area contributed by atoms with E-state index < -0.39 is 0 Å². The maximum Gasteiger partial charge on any atom is 0.0959 e. The SMILES string of the molecule is CC1CCC(c2nc(CC(N)c3ccccc3)cs2)CC1. The first-order valence-electron chi connectivity index (χ1n) is 7.97. The molecule has 0 spiro atoms. The monoisotopic (exact) mass is 300 g/mol. The second-order valence-corrected chi connectivity index (χ2v) is 7.24. The highest BCUT2D eigenvalue weighted by molar-refractivity contribution is 7.09. The largest absolute Gasteiger partial charge is 0.324 e. The van der Waals surface area contributed by atoms with Crippen molar-refractivity contribution in [1.29, 1.82) is 0 Å². The summed E-state index contributed by atoms with van der Waals surface area (Å²) in [7, 11) is 0. The van der Waals surface area contributed by atoms with Gasteiger partial charge in [-0.2, -0.15) is 0 Å². The Morgan fingerprint density at radius 2 is 1.90 bits per heavy atom. The molecule has 1 aromatic carbocycles. The molecule has 1 saturated carbocycles. The van der Waals surface area contributed by atoms with E-state index in [1.807, 2.05) is 29.5 Å². The summed E-state index contributed by atoms with van der Waals surface area (Å²) >= 11 is 1.83. The van der Waals surface area contributed by atoms with Gasteiger partial charge < -0.3 is 5.73 Å². The van der Waals surface area contributed by atoms with E-state index in [0.29, 0.717) is 5.92 Å². The van der Waals surface area contributed by atoms with Crippen LogP contribution in [0.3, 0.4) is 0 Å². The molecule has 2 N–H and O–H groups in total. The van der Waals surface area contributed by atoms with Crippen LogP contribution in [0.2, 0.25) is 0 Å². The average molecular weight is 300 g/mol. The van der Waals surface area contributed by atoms with Crippen molar-refractivity contribution >= 4 is 11.3 Å². The van der Waals surface area contributed by atoms with Gasteiger partial charge in [-0.25, -0.2) is 4.98 Å². The number of nitrogens with zero attached hydrogens (tertiary/aromatic N) is 1. The number of nitrogens with two attached hydrogens (primary N) is 1. The fraction of sp³-hybridized carbons (Fsp3) is 0.500. The van der Waals surface area contributed by atoms with Gasteiger partial charge in [-0.1, -0.05) is 50.1 Å². The Labute approximate surface area is 131 Å². The van der Waals surface area contributed by atoms with E-state index in [1.165, 1.54) is 36.3 Å². The number of hydrogen-bond acceptors (Lipinski definition) is 3. The van der Waals surface area contributed by atoms with Gasteiger partial charge in [0.1, 0.15) is 0 Å². The highest BCUT2D eigenvalue weighted by atomic mass is 32.1. The van der Waals surface area contributed by atoms with Gasteiger partial charge in [0.25, 0.3) is 0 Å². The molecule has 1 aromatic heterocycles. The third kappa shape index (κ3) is 3.72. The van der Waals surface area contributed by atoms with E-state index in [2.05, 4.69) is 24.4 Å². The second-order valence-electron chi connectivity index (χ2n) is 6.36. The van der Waals surface area contributed by atoms with Gasteiger partial charge in [0.2, 0.25) is 0 Å². The summed E-state index contributed by atoms with van der Waals surface area (Å²) in [5.41, 5.74) is 8.65. The van der Waals surface area contributed by atoms with Gasteiger partial charge in [0, 0.05) is 23.8 Å². The molecular weight excluding hydrogens is 276 g/mol. The zero-order valence-electron chi connectivity index (χ0n) is 12.7. The van der Waals surface area contributed by atoms with E-state index in [1.54, 1.807) is 0 Å². The molecule has 1 atom stereocenters. The maximum atomic E-state index is 6.30. The Hall–Kier alpha value is -1.19. The van der Waals surface area contributed by atoms with Crippen LogP contribution in [-0.2, 0) is 6.42 Å². The van der Waals surface area contributed by atoms with Crippen LogP contribution in [0.15, 0.2) is 35.7 Å². The lowest BCUT2D eigenvalue weighted by molar-refractivity contribution is 0.347. The Morgan fingerprint density at radius 3 is 2.62 bits per heavy atom. The molecule has 1 unspecified atom stereocenters. The number of hydrogen-bond donors (Lipinski definition) is 1. The van der Waals surface area contributed by atoms with Crippen LogP contribution in [0, 0.1) is 5.92 Å². The minimum atomic E-state index is 0.0486. The number of rotatable bonds is 4. The van der Waals surface area contributed by atoms with E-state index in [-0.39, 0.29) is 6.04 Å². The third-order valence-electron chi connectivity index (χ3n) is 4.59. The summed E-state index contributed by atoms with van der Waals surface area (Å²) in [6.45, 7) is 2.36. The van der Waals surface area contributed by atoms with Crippen LogP contribution in [-0.4, -0.2) is 4.98 Å². The molecule has 3 rings (SSSR count). The Kier molecular flexibility index (Phi) is 4.71. The standard InChI is InChI=1S/C18H24N2S/c1-13-7-9-15(10-8-13)18-20-16(12-21-18)11-17(19)14-5-3-2-4-6-14/h2-6,12-13,15,17H,7-11,19H2,1H3. The number of aromatic nitrogens is 1. The topological polar surface area (TPSA) is 38.9 Å². The first-order valence-corrected chi connectivity index (χ1v) is 8.85. The fourth-order valence-electron chi connectivity index (χ4n) is 3.15. The summed E-state index contributed by atoms with van der Waals surface area (Å²) < 4.78 is 0. The summed E-state index contributed by atoms with van der Waals surface area (Å²) in [5.74, 6) is 1.58. The Balaban J connectivity index is 1.63. The van der Waals surface area contributed by atoms with Crippen molar-refractivity contribution in [3.8, 4) is 0 Å². The first-order chi connectivity index (χ1) is 10.2. The summed E-state index contributed by atoms with van der Waals surface area (Å²) in [6, 6.07) is 10.4. The average Bonchev–Trinajstić information content (AvgIpc) is 2.97. The quantitative estimate of drug-likeness (QED) is 0.890. The van der Waals surface area contributed by atoms with Crippen molar-refractivity contribution in [2.75, 3.05) is 0 Å². The van der Waals surface area contributed by atoms with Gasteiger partial charge in [-0.05, 0) is 24.3 Å². The van der Waals surface area contributed by atoms with Crippen LogP contribution < -0.4 is 5.73 Å². The van der Waals surface area contributed by atoms with Gasteiger partial charge in [0.15, 0.2) is 0 Å². The van der Waals surface area contributed by atoms with Crippen molar-refractivity contribution in [2.24, 2.45) is 11.7 Å². The number of thiazole rings is 1. The normalized spacial score (nSPS) is 23.9. The fourth-order valence-corrected chi connectivity index (χ4v) is 4.16. The van der Waals surface area contributed by atoms with Crippen LogP contribution in [0.25, 0.3) is 0 Å². The molecule has 1 aliphatic rings. The molecule has 0 saturated heterocycles. The van der Waals surface area contributed by atoms with Gasteiger partial charge in [0.05, 0.1) is 10.7 Å². The van der Waals surface area contributed by atoms with Gasteiger partial charge in [-0.3, -0.25) is 0 Å². The van der Waals surface area contributed by atoms with Gasteiger partial charge >= 0.3 is 0 Å². The lowest BCUT2D eigenvalue weighted by Gasteiger charge is -2.24. The number of benzene rings is 1. The summed E-state index contributed by atoms with van der Waals surface area (Å²) in [4.78, 5) is 4.86. The molecule has 21 heavy (non-hydrogen) atoms. The second kappa shape index (κ2) is 6.71. The molecule has 0 radical (unpaired) electrons. The molecule has 0 aliphatic heterocycles. The highest BCUT2D eigenvalue weighted by Gasteiger charge is 2.22. The molecule has 2 nitrogen and oxygen atoms in total. The zero-order chi connectivity index (χ0) is 14.7. The molecule has 2 aromatic rings. The van der Waals surface area contributed by atoms with Crippen LogP contribution >= 0.6 is 11.3 Å². The van der Waals surface area contributed by atoms with Crippen molar-refractivity contribution in [2.45, 2.75) is 51.0 Å². The zero-order valence-corrected chi connectivity index (χ0v) is 13.5. The summed E-state index contributed by atoms with van der Waals surface area (Å²) in [6.07, 6.45) is 6.15. The molecule has 0 amide bonds. The third-order valence-corrected chi connectivity index (χ3v) is 5.65. The van der Waals surface area contributed by atoms with E-state index in [0.717, 1.165) is 18.0 Å². The minimum Gasteiger partial charge on any atom is -0.324 e. The first kappa shape index (κ1) is 14.7. The van der Waals surface area contributed by atoms with E-state index in [9.17, 15) is 0 Å². The summed E-state index contributed by atoms with van der Waals surface area (Å²) in [5, 5.41) is 3.54. The Morgan fingerprint density at radius 1 is 1.19 bits per heavy atom. The lowest BCUT2D eigenvalue weighted by atomic mass is 9.83. The lowest BCUT2D eigenvalue weighted by Crippen LogP contribution is -2.14. The molecule has 112 valence electrons. The predicted octanol–water partition coefficient (Wildman–Crippen LogP) is 4.68. The van der Waals surface area contributed by atoms with Crippen molar-refractivity contribution in [1.82, 2.24) is 4.98 Å². The minimum absolute atomic E-state index is 0.0486. The van der Waals surface area contributed by atoms with Crippen LogP contribution in [0.1, 0.15) is 60.8 Å². The maximum absolute atomic E-state index is 6.30. The molecule has 1 fully saturated rings. The highest BCUT2D eigenvalue weighted by Crippen LogP contribution is 2.37. The van der Waals surface area contributed by atoms with Crippen molar-refractivity contribution in [3.05, 3.63) is 52.0 Å². The van der Waals surface area contributed by atoms with Crippen molar-refractivity contribution in [3.63, 3.8) is 0 Å². The molecule has 0 bridgehead atoms.